The number of nitrogens with zero attached hydrogens (tertiary/aromatic N) is 4. The lowest BCUT2D eigenvalue weighted by Gasteiger charge is -2.01. The van der Waals surface area contributed by atoms with E-state index >= 15 is 0 Å². The van der Waals surface area contributed by atoms with Gasteiger partial charge in [-0.25, -0.2) is 15.0 Å². The maximum atomic E-state index is 5.69. The van der Waals surface area contributed by atoms with Crippen LogP contribution in [0.5, 0.6) is 0 Å². The minimum atomic E-state index is 0.0618. The molecule has 76 valence electrons. The zero-order chi connectivity index (χ0) is 10.8. The Labute approximate surface area is 95.3 Å². The number of nitrogens with two attached hydrogens (primary N) is 1. The molecule has 0 radical (unpaired) electrons. The normalized spacial score (nSPS) is 10.3. The Morgan fingerprint density at radius 3 is 2.47 bits per heavy atom. The van der Waals surface area contributed by atoms with Gasteiger partial charge in [0.25, 0.3) is 0 Å². The maximum absolute atomic E-state index is 5.69. The van der Waals surface area contributed by atoms with Crippen molar-refractivity contribution in [2.75, 3.05) is 5.73 Å². The van der Waals surface area contributed by atoms with Gasteiger partial charge in [-0.05, 0) is 11.6 Å². The summed E-state index contributed by atoms with van der Waals surface area (Å²) in [6, 6.07) is 1.55. The fraction of sp³-hybridized carbons (Fsp3) is 0. The van der Waals surface area contributed by atoms with E-state index in [1.807, 2.05) is 0 Å². The lowest BCUT2D eigenvalue weighted by molar-refractivity contribution is 1.13. The molecule has 0 spiro atoms. The van der Waals surface area contributed by atoms with Crippen LogP contribution >= 0.6 is 23.2 Å². The van der Waals surface area contributed by atoms with E-state index in [0.29, 0.717) is 11.4 Å². The summed E-state index contributed by atoms with van der Waals surface area (Å²) in [5.41, 5.74) is 6.51. The Hall–Kier alpha value is -1.46. The Morgan fingerprint density at radius 2 is 1.80 bits per heavy atom. The highest BCUT2D eigenvalue weighted by molar-refractivity contribution is 6.29. The molecular weight excluding hydrogens is 237 g/mol. The van der Waals surface area contributed by atoms with Crippen LogP contribution in [0.15, 0.2) is 18.5 Å². The molecule has 0 unspecified atom stereocenters. The van der Waals surface area contributed by atoms with Crippen molar-refractivity contribution in [3.63, 3.8) is 0 Å². The fourth-order valence-electron chi connectivity index (χ4n) is 1.03. The highest BCUT2D eigenvalue weighted by Crippen LogP contribution is 2.18. The first-order chi connectivity index (χ1) is 7.15. The predicted molar refractivity (Wildman–Crippen MR) is 57.5 cm³/mol. The van der Waals surface area contributed by atoms with Crippen molar-refractivity contribution in [2.45, 2.75) is 0 Å². The molecule has 0 bridgehead atoms. The number of halogens is 2. The molecule has 15 heavy (non-hydrogen) atoms. The summed E-state index contributed by atoms with van der Waals surface area (Å²) in [6.07, 6.45) is 2.95. The fourth-order valence-corrected chi connectivity index (χ4v) is 1.37. The highest BCUT2D eigenvalue weighted by atomic mass is 35.5. The minimum absolute atomic E-state index is 0.0618. The van der Waals surface area contributed by atoms with Gasteiger partial charge in [0.05, 0.1) is 18.1 Å². The summed E-state index contributed by atoms with van der Waals surface area (Å²) < 4.78 is 0. The molecule has 5 nitrogen and oxygen atoms in total. The molecule has 2 aromatic heterocycles. The van der Waals surface area contributed by atoms with Gasteiger partial charge >= 0.3 is 0 Å². The zero-order valence-electron chi connectivity index (χ0n) is 7.35. The van der Waals surface area contributed by atoms with Crippen LogP contribution in [0.1, 0.15) is 0 Å². The highest BCUT2D eigenvalue weighted by Gasteiger charge is 2.05. The van der Waals surface area contributed by atoms with Crippen molar-refractivity contribution < 1.29 is 0 Å². The molecule has 7 heteroatoms. The molecule has 0 saturated heterocycles. The van der Waals surface area contributed by atoms with Crippen molar-refractivity contribution >= 4 is 29.0 Å². The topological polar surface area (TPSA) is 77.6 Å². The van der Waals surface area contributed by atoms with Crippen molar-refractivity contribution in [1.82, 2.24) is 19.9 Å². The van der Waals surface area contributed by atoms with Crippen LogP contribution in [-0.4, -0.2) is 19.9 Å². The van der Waals surface area contributed by atoms with E-state index in [-0.39, 0.29) is 16.3 Å². The summed E-state index contributed by atoms with van der Waals surface area (Å²) in [7, 11) is 0. The molecule has 2 N–H and O–H groups in total. The average Bonchev–Trinajstić information content (AvgIpc) is 2.16. The summed E-state index contributed by atoms with van der Waals surface area (Å²) in [6.45, 7) is 0. The predicted octanol–water partition coefficient (Wildman–Crippen LogP) is 1.82. The van der Waals surface area contributed by atoms with Crippen molar-refractivity contribution in [3.8, 4) is 11.4 Å². The number of hydrogen-bond donors (Lipinski definition) is 1. The molecule has 0 aliphatic carbocycles. The number of aromatic nitrogens is 4. The van der Waals surface area contributed by atoms with Gasteiger partial charge in [-0.15, -0.1) is 0 Å². The van der Waals surface area contributed by atoms with Gasteiger partial charge in [-0.2, -0.15) is 0 Å². The van der Waals surface area contributed by atoms with Crippen molar-refractivity contribution in [1.29, 1.82) is 0 Å². The van der Waals surface area contributed by atoms with Gasteiger partial charge in [-0.3, -0.25) is 4.98 Å². The molecule has 2 heterocycles. The third-order valence-corrected chi connectivity index (χ3v) is 1.94. The number of anilines is 1. The summed E-state index contributed by atoms with van der Waals surface area (Å²) in [5, 5.41) is 0.340. The molecule has 2 rings (SSSR count). The monoisotopic (exact) mass is 241 g/mol. The molecular formula is C8H5Cl2N5. The summed E-state index contributed by atoms with van der Waals surface area (Å²) >= 11 is 11.3. The van der Waals surface area contributed by atoms with Gasteiger partial charge in [0, 0.05) is 6.07 Å². The Kier molecular flexibility index (Phi) is 2.66. The standard InChI is InChI=1S/C8H5Cl2N5/c9-6-3-12-2-5(13-6)4-1-7(11)15-8(10)14-4/h1-3H,(H2,11,14,15). The number of rotatable bonds is 1. The van der Waals surface area contributed by atoms with Crippen LogP contribution in [0, 0.1) is 0 Å². The first kappa shape index (κ1) is 10.1. The van der Waals surface area contributed by atoms with E-state index in [0.717, 1.165) is 0 Å². The molecule has 0 amide bonds. The molecule has 0 fully saturated rings. The van der Waals surface area contributed by atoms with E-state index in [9.17, 15) is 0 Å². The average molecular weight is 242 g/mol. The van der Waals surface area contributed by atoms with Crippen molar-refractivity contribution in [3.05, 3.63) is 28.9 Å². The van der Waals surface area contributed by atoms with Crippen LogP contribution in [0.25, 0.3) is 11.4 Å². The van der Waals surface area contributed by atoms with Gasteiger partial charge in [0.15, 0.2) is 0 Å². The molecule has 0 aliphatic rings. The number of hydrogen-bond acceptors (Lipinski definition) is 5. The zero-order valence-corrected chi connectivity index (χ0v) is 8.87. The Balaban J connectivity index is 2.54. The quantitative estimate of drug-likeness (QED) is 0.771. The van der Waals surface area contributed by atoms with Crippen LogP contribution in [0.2, 0.25) is 10.4 Å². The second-order valence-electron chi connectivity index (χ2n) is 2.67. The van der Waals surface area contributed by atoms with Crippen LogP contribution < -0.4 is 5.73 Å². The third-order valence-electron chi connectivity index (χ3n) is 1.59. The van der Waals surface area contributed by atoms with Gasteiger partial charge in [-0.1, -0.05) is 11.6 Å². The second kappa shape index (κ2) is 3.96. The second-order valence-corrected chi connectivity index (χ2v) is 3.40. The van der Waals surface area contributed by atoms with E-state index in [1.165, 1.54) is 12.4 Å². The number of nitrogen functional groups attached to an aromatic ring is 1. The minimum Gasteiger partial charge on any atom is -0.384 e. The molecule has 2 aromatic rings. The van der Waals surface area contributed by atoms with E-state index in [2.05, 4.69) is 19.9 Å². The molecule has 0 aliphatic heterocycles. The lowest BCUT2D eigenvalue weighted by atomic mass is 10.3. The largest absolute Gasteiger partial charge is 0.384 e. The Bertz CT molecular complexity index is 482. The van der Waals surface area contributed by atoms with Crippen LogP contribution in [0.3, 0.4) is 0 Å². The van der Waals surface area contributed by atoms with Gasteiger partial charge in [0.2, 0.25) is 5.28 Å². The van der Waals surface area contributed by atoms with E-state index in [4.69, 9.17) is 28.9 Å². The van der Waals surface area contributed by atoms with E-state index in [1.54, 1.807) is 6.07 Å². The lowest BCUT2D eigenvalue weighted by Crippen LogP contribution is -1.96. The van der Waals surface area contributed by atoms with Crippen molar-refractivity contribution in [2.24, 2.45) is 0 Å². The maximum Gasteiger partial charge on any atom is 0.224 e. The smallest absolute Gasteiger partial charge is 0.224 e. The first-order valence-electron chi connectivity index (χ1n) is 3.93. The SMILES string of the molecule is Nc1cc(-c2cncc(Cl)n2)nc(Cl)n1. The molecule has 0 atom stereocenters. The van der Waals surface area contributed by atoms with Gasteiger partial charge in [0.1, 0.15) is 16.7 Å². The van der Waals surface area contributed by atoms with Crippen LogP contribution in [0.4, 0.5) is 5.82 Å². The van der Waals surface area contributed by atoms with Crippen LogP contribution in [-0.2, 0) is 0 Å². The van der Waals surface area contributed by atoms with E-state index < -0.39 is 0 Å². The molecule has 0 aromatic carbocycles. The third kappa shape index (κ3) is 2.31. The van der Waals surface area contributed by atoms with Gasteiger partial charge < -0.3 is 5.73 Å². The Morgan fingerprint density at radius 1 is 1.00 bits per heavy atom. The summed E-state index contributed by atoms with van der Waals surface area (Å²) in [4.78, 5) is 15.6. The first-order valence-corrected chi connectivity index (χ1v) is 4.69. The summed E-state index contributed by atoms with van der Waals surface area (Å²) in [5.74, 6) is 0.270. The molecule has 0 saturated carbocycles.